The molecule has 4 aromatic rings. The monoisotopic (exact) mass is 567 g/mol. The van der Waals surface area contributed by atoms with E-state index < -0.39 is 10.0 Å². The van der Waals surface area contributed by atoms with Crippen LogP contribution in [-0.4, -0.2) is 54.0 Å². The lowest BCUT2D eigenvalue weighted by molar-refractivity contribution is 0.146. The molecule has 0 fully saturated rings. The Morgan fingerprint density at radius 1 is 1.03 bits per heavy atom. The molecule has 1 aliphatic rings. The fraction of sp³-hybridized carbons (Fsp3) is 0.250. The van der Waals surface area contributed by atoms with Gasteiger partial charge in [-0.2, -0.15) is 0 Å². The summed E-state index contributed by atoms with van der Waals surface area (Å²) < 4.78 is 51.5. The summed E-state index contributed by atoms with van der Waals surface area (Å²) in [7, 11) is -0.742. The zero-order valence-corrected chi connectivity index (χ0v) is 23.3. The van der Waals surface area contributed by atoms with Gasteiger partial charge in [0.25, 0.3) is 10.0 Å². The van der Waals surface area contributed by atoms with Crippen LogP contribution in [0.15, 0.2) is 83.2 Å². The van der Waals surface area contributed by atoms with Crippen molar-refractivity contribution in [2.75, 3.05) is 49.8 Å². The second kappa shape index (κ2) is 11.9. The summed E-state index contributed by atoms with van der Waals surface area (Å²) in [5, 5.41) is 2.14. The van der Waals surface area contributed by atoms with Crippen molar-refractivity contribution in [1.29, 1.82) is 0 Å². The van der Waals surface area contributed by atoms with Gasteiger partial charge in [-0.05, 0) is 42.0 Å². The van der Waals surface area contributed by atoms with E-state index in [0.717, 1.165) is 16.9 Å². The molecule has 11 heteroatoms. The van der Waals surface area contributed by atoms with E-state index in [1.165, 1.54) is 15.6 Å². The van der Waals surface area contributed by atoms with Crippen LogP contribution in [-0.2, 0) is 21.3 Å². The highest BCUT2D eigenvalue weighted by Crippen LogP contribution is 2.42. The number of aromatic nitrogens is 1. The maximum Gasteiger partial charge on any atom is 0.266 e. The number of para-hydroxylation sites is 2. The molecule has 0 aliphatic carbocycles. The van der Waals surface area contributed by atoms with Crippen LogP contribution in [0.5, 0.6) is 17.2 Å². The lowest BCUT2D eigenvalue weighted by Gasteiger charge is -2.33. The highest BCUT2D eigenvalue weighted by Gasteiger charge is 2.30. The molecule has 2 heterocycles. The van der Waals surface area contributed by atoms with Gasteiger partial charge < -0.3 is 23.8 Å². The van der Waals surface area contributed by atoms with Gasteiger partial charge in [0, 0.05) is 24.8 Å². The predicted octanol–water partition coefficient (Wildman–Crippen LogP) is 5.10. The first-order valence-electron chi connectivity index (χ1n) is 12.3. The van der Waals surface area contributed by atoms with E-state index in [1.807, 2.05) is 36.4 Å². The Morgan fingerprint density at radius 3 is 2.59 bits per heavy atom. The van der Waals surface area contributed by atoms with E-state index >= 15 is 0 Å². The van der Waals surface area contributed by atoms with E-state index in [0.29, 0.717) is 48.7 Å². The quantitative estimate of drug-likeness (QED) is 0.231. The fourth-order valence-corrected chi connectivity index (χ4v) is 6.56. The van der Waals surface area contributed by atoms with Crippen molar-refractivity contribution in [2.45, 2.75) is 11.4 Å². The number of fused-ring (bicyclic) bond motifs is 1. The topological polar surface area (TPSA) is 90.4 Å². The molecule has 1 aliphatic heterocycles. The first-order valence-corrected chi connectivity index (χ1v) is 14.6. The number of methoxy groups -OCH3 is 2. The number of rotatable bonds is 11. The Kier molecular flexibility index (Phi) is 8.20. The van der Waals surface area contributed by atoms with E-state index in [9.17, 15) is 8.42 Å². The number of ether oxygens (including phenoxy) is 4. The normalized spacial score (nSPS) is 12.9. The molecule has 0 unspecified atom stereocenters. The second-order valence-electron chi connectivity index (χ2n) is 8.61. The van der Waals surface area contributed by atoms with Crippen molar-refractivity contribution in [2.24, 2.45) is 0 Å². The lowest BCUT2D eigenvalue weighted by atomic mass is 10.2. The molecule has 0 saturated heterocycles. The zero-order chi connectivity index (χ0) is 27.2. The van der Waals surface area contributed by atoms with Gasteiger partial charge in [-0.15, -0.1) is 11.3 Å². The number of hydrogen-bond donors (Lipinski definition) is 0. The summed E-state index contributed by atoms with van der Waals surface area (Å²) in [5.41, 5.74) is 2.44. The second-order valence-corrected chi connectivity index (χ2v) is 11.3. The van der Waals surface area contributed by atoms with Gasteiger partial charge in [-0.3, -0.25) is 0 Å². The minimum Gasteiger partial charge on any atom is -0.497 e. The third-order valence-corrected chi connectivity index (χ3v) is 8.84. The SMILES string of the molecule is COCCOc1ccccc1N1CCOc2cc(S(=O)(=O)N(Cc3ccc(OC)cc3)c3nccs3)ccc21. The molecule has 3 aromatic carbocycles. The van der Waals surface area contributed by atoms with Crippen molar-refractivity contribution < 1.29 is 27.4 Å². The van der Waals surface area contributed by atoms with Crippen molar-refractivity contribution in [3.63, 3.8) is 0 Å². The number of hydrogen-bond acceptors (Lipinski definition) is 9. The van der Waals surface area contributed by atoms with Crippen molar-refractivity contribution in [3.8, 4) is 17.2 Å². The van der Waals surface area contributed by atoms with E-state index in [1.54, 1.807) is 56.1 Å². The van der Waals surface area contributed by atoms with Crippen molar-refractivity contribution in [3.05, 3.63) is 83.9 Å². The van der Waals surface area contributed by atoms with Gasteiger partial charge in [0.1, 0.15) is 30.5 Å². The standard InChI is InChI=1S/C28H29N3O6S2/c1-34-16-17-37-26-6-4-3-5-24(26)30-14-15-36-27-19-23(11-12-25(27)30)39(32,33)31(28-29-13-18-38-28)20-21-7-9-22(35-2)10-8-21/h3-13,18-19H,14-17,20H2,1-2H3. The van der Waals surface area contributed by atoms with Crippen LogP contribution in [0.4, 0.5) is 16.5 Å². The largest absolute Gasteiger partial charge is 0.497 e. The van der Waals surface area contributed by atoms with E-state index in [2.05, 4.69) is 9.88 Å². The smallest absolute Gasteiger partial charge is 0.266 e. The molecule has 0 atom stereocenters. The molecular formula is C28H29N3O6S2. The Labute approximate surface area is 232 Å². The number of sulfonamides is 1. The number of nitrogens with zero attached hydrogens (tertiary/aromatic N) is 3. The number of anilines is 3. The maximum absolute atomic E-state index is 14.0. The van der Waals surface area contributed by atoms with Gasteiger partial charge in [0.15, 0.2) is 5.13 Å². The summed E-state index contributed by atoms with van der Waals surface area (Å²) in [6, 6.07) is 20.0. The van der Waals surface area contributed by atoms with Crippen LogP contribution in [0.25, 0.3) is 0 Å². The Bertz CT molecular complexity index is 1490. The average molecular weight is 568 g/mol. The molecule has 0 saturated carbocycles. The minimum atomic E-state index is -3.96. The molecule has 1 aromatic heterocycles. The van der Waals surface area contributed by atoms with Gasteiger partial charge in [0.2, 0.25) is 0 Å². The molecule has 9 nitrogen and oxygen atoms in total. The first kappa shape index (κ1) is 26.8. The van der Waals surface area contributed by atoms with Crippen molar-refractivity contribution in [1.82, 2.24) is 4.98 Å². The van der Waals surface area contributed by atoms with E-state index in [-0.39, 0.29) is 11.4 Å². The first-order chi connectivity index (χ1) is 19.0. The van der Waals surface area contributed by atoms with Crippen LogP contribution in [0.2, 0.25) is 0 Å². The maximum atomic E-state index is 14.0. The molecule has 5 rings (SSSR count). The third kappa shape index (κ3) is 5.80. The molecule has 204 valence electrons. The van der Waals surface area contributed by atoms with Gasteiger partial charge >= 0.3 is 0 Å². The predicted molar refractivity (Wildman–Crippen MR) is 151 cm³/mol. The Hall–Kier alpha value is -3.80. The molecular weight excluding hydrogens is 538 g/mol. The van der Waals surface area contributed by atoms with Gasteiger partial charge in [0.05, 0.1) is 43.1 Å². The summed E-state index contributed by atoms with van der Waals surface area (Å²) in [4.78, 5) is 6.49. The third-order valence-electron chi connectivity index (χ3n) is 6.20. The molecule has 0 N–H and O–H groups in total. The Morgan fingerprint density at radius 2 is 1.85 bits per heavy atom. The number of thiazole rings is 1. The van der Waals surface area contributed by atoms with Crippen LogP contribution in [0.1, 0.15) is 5.56 Å². The molecule has 0 spiro atoms. The highest BCUT2D eigenvalue weighted by molar-refractivity contribution is 7.93. The highest BCUT2D eigenvalue weighted by atomic mass is 32.2. The van der Waals surface area contributed by atoms with Crippen molar-refractivity contribution >= 4 is 37.9 Å². The van der Waals surface area contributed by atoms with Crippen LogP contribution < -0.4 is 23.4 Å². The average Bonchev–Trinajstić information content (AvgIpc) is 3.50. The molecule has 0 bridgehead atoms. The number of benzene rings is 3. The van der Waals surface area contributed by atoms with Gasteiger partial charge in [-0.1, -0.05) is 24.3 Å². The van der Waals surface area contributed by atoms with Crippen LogP contribution >= 0.6 is 11.3 Å². The summed E-state index contributed by atoms with van der Waals surface area (Å²) >= 11 is 1.26. The summed E-state index contributed by atoms with van der Waals surface area (Å²) in [6.07, 6.45) is 1.59. The lowest BCUT2D eigenvalue weighted by Crippen LogP contribution is -2.32. The molecule has 0 amide bonds. The summed E-state index contributed by atoms with van der Waals surface area (Å²) in [5.74, 6) is 1.90. The fourth-order valence-electron chi connectivity index (χ4n) is 4.27. The molecule has 0 radical (unpaired) electrons. The summed E-state index contributed by atoms with van der Waals surface area (Å²) in [6.45, 7) is 2.00. The van der Waals surface area contributed by atoms with Crippen LogP contribution in [0, 0.1) is 0 Å². The minimum absolute atomic E-state index is 0.121. The van der Waals surface area contributed by atoms with E-state index in [4.69, 9.17) is 18.9 Å². The van der Waals surface area contributed by atoms with Gasteiger partial charge in [-0.25, -0.2) is 17.7 Å². The zero-order valence-electron chi connectivity index (χ0n) is 21.6. The Balaban J connectivity index is 1.47. The van der Waals surface area contributed by atoms with Crippen LogP contribution in [0.3, 0.4) is 0 Å². The molecule has 39 heavy (non-hydrogen) atoms.